The third-order valence-electron chi connectivity index (χ3n) is 3.55. The van der Waals surface area contributed by atoms with Crippen molar-refractivity contribution in [3.05, 3.63) is 28.8 Å². The Kier molecular flexibility index (Phi) is 4.49. The summed E-state index contributed by atoms with van der Waals surface area (Å²) >= 11 is 6.33. The van der Waals surface area contributed by atoms with E-state index in [1.54, 1.807) is 0 Å². The predicted molar refractivity (Wildman–Crippen MR) is 76.3 cm³/mol. The number of hydrogen-bond acceptors (Lipinski definition) is 3. The highest BCUT2D eigenvalue weighted by Crippen LogP contribution is 2.29. The summed E-state index contributed by atoms with van der Waals surface area (Å²) in [5.74, 6) is 0. The Bertz CT molecular complexity index is 411. The molecular formula is C14H21ClN2O. The van der Waals surface area contributed by atoms with Crippen LogP contribution in [-0.2, 0) is 6.61 Å². The zero-order valence-electron chi connectivity index (χ0n) is 11.1. The molecule has 1 aliphatic heterocycles. The minimum atomic E-state index is 0.0400. The molecule has 1 aromatic rings. The number of hydrogen-bond donors (Lipinski definition) is 1. The fourth-order valence-corrected chi connectivity index (χ4v) is 2.92. The van der Waals surface area contributed by atoms with Crippen LogP contribution in [0, 0.1) is 0 Å². The zero-order chi connectivity index (χ0) is 13.1. The second-order valence-corrected chi connectivity index (χ2v) is 5.51. The van der Waals surface area contributed by atoms with E-state index in [-0.39, 0.29) is 6.61 Å². The van der Waals surface area contributed by atoms with Crippen molar-refractivity contribution in [3.8, 4) is 0 Å². The van der Waals surface area contributed by atoms with Crippen LogP contribution >= 0.6 is 11.6 Å². The van der Waals surface area contributed by atoms with Gasteiger partial charge in [0.05, 0.1) is 17.3 Å². The Morgan fingerprint density at radius 1 is 1.39 bits per heavy atom. The quantitative estimate of drug-likeness (QED) is 0.892. The second kappa shape index (κ2) is 5.91. The molecule has 1 aromatic carbocycles. The second-order valence-electron chi connectivity index (χ2n) is 5.10. The molecule has 1 atom stereocenters. The van der Waals surface area contributed by atoms with Crippen LogP contribution in [0.15, 0.2) is 18.2 Å². The van der Waals surface area contributed by atoms with E-state index in [1.165, 1.54) is 0 Å². The topological polar surface area (TPSA) is 26.7 Å². The first-order valence-electron chi connectivity index (χ1n) is 6.46. The lowest BCUT2D eigenvalue weighted by Crippen LogP contribution is -2.38. The molecule has 1 unspecified atom stereocenters. The van der Waals surface area contributed by atoms with Crippen molar-refractivity contribution in [2.45, 2.75) is 26.0 Å². The summed E-state index contributed by atoms with van der Waals surface area (Å²) in [6.45, 7) is 5.49. The molecule has 4 heteroatoms. The van der Waals surface area contributed by atoms with Crippen molar-refractivity contribution in [2.24, 2.45) is 0 Å². The maximum Gasteiger partial charge on any atom is 0.0682 e. The molecule has 0 aromatic heterocycles. The Morgan fingerprint density at radius 2 is 2.17 bits per heavy atom. The van der Waals surface area contributed by atoms with Gasteiger partial charge in [0.15, 0.2) is 0 Å². The van der Waals surface area contributed by atoms with Crippen molar-refractivity contribution < 1.29 is 5.11 Å². The molecule has 0 saturated carbocycles. The Hall–Kier alpha value is -0.770. The first-order valence-corrected chi connectivity index (χ1v) is 6.84. The van der Waals surface area contributed by atoms with Crippen LogP contribution in [-0.4, -0.2) is 42.7 Å². The molecule has 0 radical (unpaired) electrons. The SMILES string of the molecule is CC1CN(C)CCCN1c1ccc(CO)cc1Cl. The number of benzene rings is 1. The summed E-state index contributed by atoms with van der Waals surface area (Å²) in [6, 6.07) is 6.28. The van der Waals surface area contributed by atoms with E-state index >= 15 is 0 Å². The highest BCUT2D eigenvalue weighted by molar-refractivity contribution is 6.33. The van der Waals surface area contributed by atoms with Gasteiger partial charge in [-0.15, -0.1) is 0 Å². The van der Waals surface area contributed by atoms with Gasteiger partial charge >= 0.3 is 0 Å². The number of halogens is 1. The van der Waals surface area contributed by atoms with Gasteiger partial charge in [-0.2, -0.15) is 0 Å². The number of aliphatic hydroxyl groups excluding tert-OH is 1. The zero-order valence-corrected chi connectivity index (χ0v) is 11.8. The molecule has 1 heterocycles. The van der Waals surface area contributed by atoms with E-state index in [0.29, 0.717) is 6.04 Å². The van der Waals surface area contributed by atoms with Gasteiger partial charge in [-0.1, -0.05) is 17.7 Å². The van der Waals surface area contributed by atoms with Crippen molar-refractivity contribution >= 4 is 17.3 Å². The molecule has 1 N–H and O–H groups in total. The molecule has 100 valence electrons. The lowest BCUT2D eigenvalue weighted by Gasteiger charge is -2.31. The number of likely N-dealkylation sites (N-methyl/N-ethyl adjacent to an activating group) is 1. The maximum absolute atomic E-state index is 9.12. The van der Waals surface area contributed by atoms with Gasteiger partial charge in [-0.25, -0.2) is 0 Å². The van der Waals surface area contributed by atoms with Gasteiger partial charge in [0.2, 0.25) is 0 Å². The molecule has 0 amide bonds. The standard InChI is InChI=1S/C14H21ClN2O/c1-11-9-16(2)6-3-7-17(11)14-5-4-12(10-18)8-13(14)15/h4-5,8,11,18H,3,6-7,9-10H2,1-2H3. The number of nitrogens with zero attached hydrogens (tertiary/aromatic N) is 2. The third-order valence-corrected chi connectivity index (χ3v) is 3.85. The first kappa shape index (κ1) is 13.7. The molecule has 0 aliphatic carbocycles. The van der Waals surface area contributed by atoms with E-state index in [0.717, 1.165) is 42.3 Å². The summed E-state index contributed by atoms with van der Waals surface area (Å²) in [6.07, 6.45) is 1.15. The lowest BCUT2D eigenvalue weighted by molar-refractivity contribution is 0.282. The van der Waals surface area contributed by atoms with Crippen molar-refractivity contribution in [2.75, 3.05) is 31.6 Å². The molecule has 0 spiro atoms. The molecule has 1 fully saturated rings. The van der Waals surface area contributed by atoms with Gasteiger partial charge in [0, 0.05) is 19.1 Å². The van der Waals surface area contributed by atoms with Crippen LogP contribution in [0.1, 0.15) is 18.9 Å². The fourth-order valence-electron chi connectivity index (χ4n) is 2.61. The van der Waals surface area contributed by atoms with Gasteiger partial charge in [-0.3, -0.25) is 0 Å². The van der Waals surface area contributed by atoms with Crippen molar-refractivity contribution in [1.29, 1.82) is 0 Å². The summed E-state index contributed by atoms with van der Waals surface area (Å²) in [4.78, 5) is 4.73. The van der Waals surface area contributed by atoms with Crippen molar-refractivity contribution in [3.63, 3.8) is 0 Å². The van der Waals surface area contributed by atoms with Gasteiger partial charge in [-0.05, 0) is 44.6 Å². The van der Waals surface area contributed by atoms with Crippen LogP contribution < -0.4 is 4.90 Å². The van der Waals surface area contributed by atoms with E-state index in [4.69, 9.17) is 16.7 Å². The molecule has 1 saturated heterocycles. The van der Waals surface area contributed by atoms with Gasteiger partial charge in [0.25, 0.3) is 0 Å². The molecule has 0 bridgehead atoms. The average Bonchev–Trinajstić information content (AvgIpc) is 2.50. The average molecular weight is 269 g/mol. The highest BCUT2D eigenvalue weighted by Gasteiger charge is 2.21. The first-order chi connectivity index (χ1) is 8.61. The van der Waals surface area contributed by atoms with Gasteiger partial charge < -0.3 is 14.9 Å². The molecule has 1 aliphatic rings. The minimum Gasteiger partial charge on any atom is -0.392 e. The fraction of sp³-hybridized carbons (Fsp3) is 0.571. The molecule has 2 rings (SSSR count). The minimum absolute atomic E-state index is 0.0400. The Morgan fingerprint density at radius 3 is 2.83 bits per heavy atom. The normalized spacial score (nSPS) is 22.0. The van der Waals surface area contributed by atoms with E-state index < -0.39 is 0 Å². The Balaban J connectivity index is 2.24. The number of aliphatic hydroxyl groups is 1. The lowest BCUT2D eigenvalue weighted by atomic mass is 10.1. The highest BCUT2D eigenvalue weighted by atomic mass is 35.5. The summed E-state index contributed by atoms with van der Waals surface area (Å²) in [5.41, 5.74) is 1.94. The monoisotopic (exact) mass is 268 g/mol. The van der Waals surface area contributed by atoms with Crippen LogP contribution in [0.2, 0.25) is 5.02 Å². The Labute approximate surface area is 114 Å². The molecular weight excluding hydrogens is 248 g/mol. The van der Waals surface area contributed by atoms with Gasteiger partial charge in [0.1, 0.15) is 0 Å². The van der Waals surface area contributed by atoms with E-state index in [1.807, 2.05) is 18.2 Å². The van der Waals surface area contributed by atoms with Crippen LogP contribution in [0.5, 0.6) is 0 Å². The number of anilines is 1. The smallest absolute Gasteiger partial charge is 0.0682 e. The van der Waals surface area contributed by atoms with Crippen LogP contribution in [0.4, 0.5) is 5.69 Å². The largest absolute Gasteiger partial charge is 0.392 e. The predicted octanol–water partition coefficient (Wildman–Crippen LogP) is 2.36. The van der Waals surface area contributed by atoms with E-state index in [9.17, 15) is 0 Å². The summed E-state index contributed by atoms with van der Waals surface area (Å²) in [5, 5.41) is 9.85. The summed E-state index contributed by atoms with van der Waals surface area (Å²) < 4.78 is 0. The van der Waals surface area contributed by atoms with Crippen molar-refractivity contribution in [1.82, 2.24) is 4.90 Å². The van der Waals surface area contributed by atoms with Crippen LogP contribution in [0.3, 0.4) is 0 Å². The number of rotatable bonds is 2. The third kappa shape index (κ3) is 2.97. The maximum atomic E-state index is 9.12. The van der Waals surface area contributed by atoms with E-state index in [2.05, 4.69) is 23.8 Å². The summed E-state index contributed by atoms with van der Waals surface area (Å²) in [7, 11) is 2.16. The molecule has 18 heavy (non-hydrogen) atoms. The van der Waals surface area contributed by atoms with Crippen LogP contribution in [0.25, 0.3) is 0 Å². The molecule has 3 nitrogen and oxygen atoms in total.